The molecule has 1 aromatic rings. The molecular weight excluding hydrogens is 378 g/mol. The van der Waals surface area contributed by atoms with Crippen molar-refractivity contribution >= 4 is 49.1 Å². The van der Waals surface area contributed by atoms with Gasteiger partial charge in [0.05, 0.1) is 8.66 Å². The van der Waals surface area contributed by atoms with Crippen LogP contribution >= 0.6 is 43.2 Å². The highest BCUT2D eigenvalue weighted by atomic mass is 79.9. The maximum Gasteiger partial charge on any atom is 0.261 e. The molecule has 1 amide bonds. The Labute approximate surface area is 129 Å². The first-order chi connectivity index (χ1) is 8.66. The normalized spacial score (nSPS) is 18.1. The summed E-state index contributed by atoms with van der Waals surface area (Å²) in [5.41, 5.74) is 0. The van der Waals surface area contributed by atoms with Crippen molar-refractivity contribution in [2.45, 2.75) is 51.0 Å². The van der Waals surface area contributed by atoms with E-state index >= 15 is 0 Å². The van der Waals surface area contributed by atoms with Crippen LogP contribution in [0.2, 0.25) is 0 Å². The van der Waals surface area contributed by atoms with Crippen molar-refractivity contribution in [3.8, 4) is 0 Å². The SMILES string of the molecule is O=C(NC1CCCCCCC1)c1cc(Br)c(Br)s1. The molecule has 0 saturated heterocycles. The molecule has 1 saturated carbocycles. The quantitative estimate of drug-likeness (QED) is 0.741. The van der Waals surface area contributed by atoms with Crippen LogP contribution in [0.15, 0.2) is 14.3 Å². The van der Waals surface area contributed by atoms with Gasteiger partial charge in [-0.25, -0.2) is 0 Å². The summed E-state index contributed by atoms with van der Waals surface area (Å²) in [6.45, 7) is 0. The van der Waals surface area contributed by atoms with Gasteiger partial charge < -0.3 is 5.32 Å². The summed E-state index contributed by atoms with van der Waals surface area (Å²) < 4.78 is 1.93. The fourth-order valence-corrected chi connectivity index (χ4v) is 4.25. The van der Waals surface area contributed by atoms with Gasteiger partial charge in [-0.05, 0) is 50.8 Å². The highest BCUT2D eigenvalue weighted by Gasteiger charge is 2.17. The van der Waals surface area contributed by atoms with Crippen molar-refractivity contribution in [1.29, 1.82) is 0 Å². The minimum atomic E-state index is 0.0666. The minimum absolute atomic E-state index is 0.0666. The second-order valence-corrected chi connectivity index (χ2v) is 7.97. The van der Waals surface area contributed by atoms with E-state index in [0.717, 1.165) is 26.0 Å². The number of carbonyl (C=O) groups is 1. The number of hydrogen-bond donors (Lipinski definition) is 1. The van der Waals surface area contributed by atoms with Crippen molar-refractivity contribution < 1.29 is 4.79 Å². The van der Waals surface area contributed by atoms with Crippen LogP contribution in [0.1, 0.15) is 54.6 Å². The highest BCUT2D eigenvalue weighted by molar-refractivity contribution is 9.13. The Hall–Kier alpha value is 0.130. The Morgan fingerprint density at radius 1 is 1.17 bits per heavy atom. The molecule has 0 atom stereocenters. The lowest BCUT2D eigenvalue weighted by molar-refractivity contribution is 0.0934. The molecule has 100 valence electrons. The van der Waals surface area contributed by atoms with Gasteiger partial charge in [0.25, 0.3) is 5.91 Å². The second kappa shape index (κ2) is 7.06. The van der Waals surface area contributed by atoms with Crippen LogP contribution < -0.4 is 5.32 Å². The molecule has 1 fully saturated rings. The van der Waals surface area contributed by atoms with Gasteiger partial charge in [-0.15, -0.1) is 11.3 Å². The lowest BCUT2D eigenvalue weighted by atomic mass is 9.97. The second-order valence-electron chi connectivity index (χ2n) is 4.75. The summed E-state index contributed by atoms with van der Waals surface area (Å²) >= 11 is 8.32. The van der Waals surface area contributed by atoms with Gasteiger partial charge in [0.1, 0.15) is 0 Å². The lowest BCUT2D eigenvalue weighted by Gasteiger charge is -2.20. The van der Waals surface area contributed by atoms with Gasteiger partial charge in [-0.1, -0.05) is 32.1 Å². The third-order valence-electron chi connectivity index (χ3n) is 3.31. The first-order valence-corrected chi connectivity index (χ1v) is 8.83. The summed E-state index contributed by atoms with van der Waals surface area (Å²) in [6.07, 6.45) is 8.70. The maximum atomic E-state index is 12.1. The Kier molecular flexibility index (Phi) is 5.70. The van der Waals surface area contributed by atoms with Gasteiger partial charge in [-0.3, -0.25) is 4.79 Å². The Balaban J connectivity index is 1.93. The topological polar surface area (TPSA) is 29.1 Å². The molecule has 0 bridgehead atoms. The summed E-state index contributed by atoms with van der Waals surface area (Å²) in [7, 11) is 0. The number of hydrogen-bond acceptors (Lipinski definition) is 2. The molecule has 0 aliphatic heterocycles. The maximum absolute atomic E-state index is 12.1. The Bertz CT molecular complexity index is 392. The van der Waals surface area contributed by atoms with Crippen LogP contribution in [0.3, 0.4) is 0 Å². The summed E-state index contributed by atoms with van der Waals surface area (Å²) in [5.74, 6) is 0.0666. The fourth-order valence-electron chi connectivity index (χ4n) is 2.32. The van der Waals surface area contributed by atoms with Crippen LogP contribution in [0.5, 0.6) is 0 Å². The van der Waals surface area contributed by atoms with Crippen molar-refractivity contribution in [3.63, 3.8) is 0 Å². The van der Waals surface area contributed by atoms with E-state index in [-0.39, 0.29) is 5.91 Å². The van der Waals surface area contributed by atoms with E-state index in [1.807, 2.05) is 6.07 Å². The molecule has 0 radical (unpaired) electrons. The molecule has 1 aliphatic rings. The van der Waals surface area contributed by atoms with E-state index in [4.69, 9.17) is 0 Å². The zero-order valence-electron chi connectivity index (χ0n) is 10.2. The van der Waals surface area contributed by atoms with Crippen molar-refractivity contribution in [2.24, 2.45) is 0 Å². The van der Waals surface area contributed by atoms with E-state index in [1.165, 1.54) is 43.4 Å². The molecule has 18 heavy (non-hydrogen) atoms. The third-order valence-corrected chi connectivity index (χ3v) is 6.56. The van der Waals surface area contributed by atoms with E-state index in [1.54, 1.807) is 0 Å². The number of amides is 1. The average molecular weight is 395 g/mol. The number of rotatable bonds is 2. The summed E-state index contributed by atoms with van der Waals surface area (Å²) in [6, 6.07) is 2.24. The summed E-state index contributed by atoms with van der Waals surface area (Å²) in [4.78, 5) is 12.9. The molecule has 0 unspecified atom stereocenters. The van der Waals surface area contributed by atoms with E-state index < -0.39 is 0 Å². The van der Waals surface area contributed by atoms with Crippen molar-refractivity contribution in [2.75, 3.05) is 0 Å². The number of nitrogens with one attached hydrogen (secondary N) is 1. The first kappa shape index (κ1) is 14.5. The molecule has 2 rings (SSSR count). The Morgan fingerprint density at radius 3 is 2.33 bits per heavy atom. The highest BCUT2D eigenvalue weighted by Crippen LogP contribution is 2.32. The zero-order valence-corrected chi connectivity index (χ0v) is 14.2. The van der Waals surface area contributed by atoms with Gasteiger partial charge in [-0.2, -0.15) is 0 Å². The standard InChI is InChI=1S/C13H17Br2NOS/c14-10-8-11(18-12(10)15)13(17)16-9-6-4-2-1-3-5-7-9/h8-9H,1-7H2,(H,16,17). The van der Waals surface area contributed by atoms with Crippen molar-refractivity contribution in [3.05, 3.63) is 19.2 Å². The Morgan fingerprint density at radius 2 is 1.78 bits per heavy atom. The molecule has 0 spiro atoms. The molecule has 1 N–H and O–H groups in total. The van der Waals surface area contributed by atoms with Crippen LogP contribution in [-0.2, 0) is 0 Å². The predicted molar refractivity (Wildman–Crippen MR) is 83.3 cm³/mol. The zero-order chi connectivity index (χ0) is 13.0. The molecular formula is C13H17Br2NOS. The third kappa shape index (κ3) is 4.07. The molecule has 1 aromatic heterocycles. The van der Waals surface area contributed by atoms with E-state index in [0.29, 0.717) is 6.04 Å². The predicted octanol–water partition coefficient (Wildman–Crippen LogP) is 5.12. The molecule has 5 heteroatoms. The van der Waals surface area contributed by atoms with Crippen LogP contribution in [0, 0.1) is 0 Å². The van der Waals surface area contributed by atoms with Crippen LogP contribution in [0.4, 0.5) is 0 Å². The van der Waals surface area contributed by atoms with Gasteiger partial charge in [0, 0.05) is 10.5 Å². The molecule has 2 nitrogen and oxygen atoms in total. The number of thiophene rings is 1. The minimum Gasteiger partial charge on any atom is -0.349 e. The van der Waals surface area contributed by atoms with Crippen LogP contribution in [0.25, 0.3) is 0 Å². The number of halogens is 2. The van der Waals surface area contributed by atoms with Gasteiger partial charge in [0.15, 0.2) is 0 Å². The van der Waals surface area contributed by atoms with Crippen LogP contribution in [-0.4, -0.2) is 11.9 Å². The van der Waals surface area contributed by atoms with Gasteiger partial charge >= 0.3 is 0 Å². The molecule has 1 aliphatic carbocycles. The van der Waals surface area contributed by atoms with Gasteiger partial charge in [0.2, 0.25) is 0 Å². The molecule has 0 aromatic carbocycles. The first-order valence-electron chi connectivity index (χ1n) is 6.42. The monoisotopic (exact) mass is 393 g/mol. The summed E-state index contributed by atoms with van der Waals surface area (Å²) in [5, 5.41) is 3.17. The van der Waals surface area contributed by atoms with E-state index in [2.05, 4.69) is 37.2 Å². The molecule has 1 heterocycles. The van der Waals surface area contributed by atoms with Crippen molar-refractivity contribution in [1.82, 2.24) is 5.32 Å². The lowest BCUT2D eigenvalue weighted by Crippen LogP contribution is -2.34. The van der Waals surface area contributed by atoms with E-state index in [9.17, 15) is 4.79 Å². The fraction of sp³-hybridized carbons (Fsp3) is 0.615. The average Bonchev–Trinajstić information content (AvgIpc) is 2.63. The number of carbonyl (C=O) groups excluding carboxylic acids is 1. The smallest absolute Gasteiger partial charge is 0.261 e. The largest absolute Gasteiger partial charge is 0.349 e.